The number of carbonyl (C=O) groups excluding carboxylic acids is 1. The van der Waals surface area contributed by atoms with Crippen molar-refractivity contribution in [2.45, 2.75) is 64.8 Å². The molecule has 1 saturated heterocycles. The molecule has 5 heteroatoms. The molecule has 0 aliphatic carbocycles. The van der Waals surface area contributed by atoms with Crippen molar-refractivity contribution in [2.24, 2.45) is 0 Å². The normalized spacial score (nSPS) is 25.4. The molecule has 2 unspecified atom stereocenters. The summed E-state index contributed by atoms with van der Waals surface area (Å²) in [4.78, 5) is 13.9. The molecule has 20 heavy (non-hydrogen) atoms. The fraction of sp³-hybridized carbons (Fsp3) is 0.933. The van der Waals surface area contributed by atoms with Gasteiger partial charge in [-0.3, -0.25) is 0 Å². The summed E-state index contributed by atoms with van der Waals surface area (Å²) in [5, 5.41) is 0. The summed E-state index contributed by atoms with van der Waals surface area (Å²) >= 11 is 0. The molecule has 0 radical (unpaired) electrons. The number of piperidine rings is 1. The third-order valence-electron chi connectivity index (χ3n) is 3.38. The molecule has 0 aromatic heterocycles. The average Bonchev–Trinajstić information content (AvgIpc) is 2.34. The molecule has 5 nitrogen and oxygen atoms in total. The van der Waals surface area contributed by atoms with Crippen LogP contribution in [0.4, 0.5) is 4.79 Å². The van der Waals surface area contributed by atoms with Gasteiger partial charge in [0.05, 0.1) is 24.9 Å². The minimum atomic E-state index is -0.462. The first kappa shape index (κ1) is 17.2. The molecular weight excluding hydrogens is 258 g/mol. The summed E-state index contributed by atoms with van der Waals surface area (Å²) in [6.07, 6.45) is 1.68. The molecule has 2 atom stereocenters. The Morgan fingerprint density at radius 1 is 1.40 bits per heavy atom. The summed E-state index contributed by atoms with van der Waals surface area (Å²) in [5.74, 6) is 0. The number of nitrogens with zero attached hydrogens (tertiary/aromatic N) is 1. The zero-order chi connectivity index (χ0) is 15.4. The van der Waals surface area contributed by atoms with E-state index < -0.39 is 5.60 Å². The lowest BCUT2D eigenvalue weighted by atomic mass is 9.95. The summed E-state index contributed by atoms with van der Waals surface area (Å²) in [7, 11) is 1.67. The number of likely N-dealkylation sites (tertiary alicyclic amines) is 1. The van der Waals surface area contributed by atoms with Crippen LogP contribution in [0.25, 0.3) is 0 Å². The van der Waals surface area contributed by atoms with E-state index in [2.05, 4.69) is 0 Å². The summed E-state index contributed by atoms with van der Waals surface area (Å²) in [5.41, 5.74) is -0.779. The SMILES string of the molecule is COC(C)COC1(C)CCCN(C(=O)OC(C)(C)C)C1. The molecule has 1 amide bonds. The van der Waals surface area contributed by atoms with Gasteiger partial charge in [-0.05, 0) is 47.5 Å². The molecule has 0 saturated carbocycles. The van der Waals surface area contributed by atoms with E-state index in [1.54, 1.807) is 12.0 Å². The van der Waals surface area contributed by atoms with Crippen molar-refractivity contribution >= 4 is 6.09 Å². The molecule has 0 N–H and O–H groups in total. The van der Waals surface area contributed by atoms with Gasteiger partial charge in [-0.25, -0.2) is 4.79 Å². The van der Waals surface area contributed by atoms with Crippen LogP contribution in [0.1, 0.15) is 47.5 Å². The molecule has 0 spiro atoms. The van der Waals surface area contributed by atoms with Crippen molar-refractivity contribution in [2.75, 3.05) is 26.8 Å². The van der Waals surface area contributed by atoms with Crippen molar-refractivity contribution in [3.63, 3.8) is 0 Å². The van der Waals surface area contributed by atoms with Crippen LogP contribution in [-0.2, 0) is 14.2 Å². The Labute approximate surface area is 122 Å². The van der Waals surface area contributed by atoms with Gasteiger partial charge in [-0.1, -0.05) is 0 Å². The van der Waals surface area contributed by atoms with Crippen molar-refractivity contribution in [3.05, 3.63) is 0 Å². The van der Waals surface area contributed by atoms with E-state index in [4.69, 9.17) is 14.2 Å². The van der Waals surface area contributed by atoms with Crippen molar-refractivity contribution < 1.29 is 19.0 Å². The third kappa shape index (κ3) is 5.67. The maximum Gasteiger partial charge on any atom is 0.410 e. The smallest absolute Gasteiger partial charge is 0.410 e. The molecule has 0 aromatic rings. The Bertz CT molecular complexity index is 326. The van der Waals surface area contributed by atoms with E-state index in [0.29, 0.717) is 13.2 Å². The molecule has 0 aromatic carbocycles. The van der Waals surface area contributed by atoms with Crippen LogP contribution in [-0.4, -0.2) is 55.1 Å². The zero-order valence-electron chi connectivity index (χ0n) is 13.7. The van der Waals surface area contributed by atoms with E-state index in [1.807, 2.05) is 34.6 Å². The van der Waals surface area contributed by atoms with Gasteiger partial charge in [0.15, 0.2) is 0 Å². The Hall–Kier alpha value is -0.810. The van der Waals surface area contributed by atoms with E-state index in [-0.39, 0.29) is 17.8 Å². The predicted molar refractivity (Wildman–Crippen MR) is 77.9 cm³/mol. The van der Waals surface area contributed by atoms with Gasteiger partial charge in [0.2, 0.25) is 0 Å². The van der Waals surface area contributed by atoms with Gasteiger partial charge < -0.3 is 19.1 Å². The minimum Gasteiger partial charge on any atom is -0.444 e. The van der Waals surface area contributed by atoms with E-state index in [0.717, 1.165) is 19.4 Å². The van der Waals surface area contributed by atoms with Crippen LogP contribution in [0, 0.1) is 0 Å². The highest BCUT2D eigenvalue weighted by atomic mass is 16.6. The molecule has 1 aliphatic heterocycles. The lowest BCUT2D eigenvalue weighted by molar-refractivity contribution is -0.105. The predicted octanol–water partition coefficient (Wildman–Crippen LogP) is 2.83. The average molecular weight is 287 g/mol. The van der Waals surface area contributed by atoms with Gasteiger partial charge in [0.1, 0.15) is 5.60 Å². The Morgan fingerprint density at radius 2 is 2.05 bits per heavy atom. The van der Waals surface area contributed by atoms with E-state index in [9.17, 15) is 4.79 Å². The fourth-order valence-electron chi connectivity index (χ4n) is 2.19. The second-order valence-electron chi connectivity index (χ2n) is 6.81. The minimum absolute atomic E-state index is 0.0590. The molecule has 0 bridgehead atoms. The number of hydrogen-bond donors (Lipinski definition) is 0. The molecule has 1 aliphatic rings. The van der Waals surface area contributed by atoms with Crippen molar-refractivity contribution in [1.29, 1.82) is 0 Å². The standard InChI is InChI=1S/C15H29NO4/c1-12(18-6)10-19-15(5)8-7-9-16(11-15)13(17)20-14(2,3)4/h12H,7-11H2,1-6H3. The largest absolute Gasteiger partial charge is 0.444 e. The summed E-state index contributed by atoms with van der Waals surface area (Å²) in [6.45, 7) is 11.5. The Kier molecular flexibility index (Phi) is 5.83. The van der Waals surface area contributed by atoms with Crippen LogP contribution in [0.5, 0.6) is 0 Å². The maximum atomic E-state index is 12.1. The number of amides is 1. The third-order valence-corrected chi connectivity index (χ3v) is 3.38. The van der Waals surface area contributed by atoms with Crippen molar-refractivity contribution in [3.8, 4) is 0 Å². The Balaban J connectivity index is 2.54. The first-order chi connectivity index (χ1) is 9.15. The monoisotopic (exact) mass is 287 g/mol. The van der Waals surface area contributed by atoms with Gasteiger partial charge in [-0.15, -0.1) is 0 Å². The number of methoxy groups -OCH3 is 1. The lowest BCUT2D eigenvalue weighted by Gasteiger charge is -2.41. The van der Waals surface area contributed by atoms with Crippen LogP contribution >= 0.6 is 0 Å². The van der Waals surface area contributed by atoms with E-state index >= 15 is 0 Å². The van der Waals surface area contributed by atoms with Crippen molar-refractivity contribution in [1.82, 2.24) is 4.90 Å². The number of carbonyl (C=O) groups is 1. The second-order valence-corrected chi connectivity index (χ2v) is 6.81. The molecule has 1 heterocycles. The highest BCUT2D eigenvalue weighted by Crippen LogP contribution is 2.26. The molecule has 1 rings (SSSR count). The van der Waals surface area contributed by atoms with Gasteiger partial charge in [0.25, 0.3) is 0 Å². The first-order valence-electron chi connectivity index (χ1n) is 7.30. The molecule has 118 valence electrons. The fourth-order valence-corrected chi connectivity index (χ4v) is 2.19. The molecular formula is C15H29NO4. The highest BCUT2D eigenvalue weighted by Gasteiger charge is 2.36. The second kappa shape index (κ2) is 6.76. The summed E-state index contributed by atoms with van der Waals surface area (Å²) in [6, 6.07) is 0. The maximum absolute atomic E-state index is 12.1. The number of hydrogen-bond acceptors (Lipinski definition) is 4. The highest BCUT2D eigenvalue weighted by molar-refractivity contribution is 5.68. The van der Waals surface area contributed by atoms with Crippen LogP contribution in [0.2, 0.25) is 0 Å². The summed E-state index contributed by atoms with van der Waals surface area (Å²) < 4.78 is 16.6. The lowest BCUT2D eigenvalue weighted by Crippen LogP contribution is -2.51. The van der Waals surface area contributed by atoms with Gasteiger partial charge in [-0.2, -0.15) is 0 Å². The molecule has 1 fully saturated rings. The number of rotatable bonds is 4. The topological polar surface area (TPSA) is 48.0 Å². The van der Waals surface area contributed by atoms with Crippen LogP contribution in [0.3, 0.4) is 0 Å². The van der Waals surface area contributed by atoms with Crippen LogP contribution < -0.4 is 0 Å². The zero-order valence-corrected chi connectivity index (χ0v) is 13.7. The van der Waals surface area contributed by atoms with E-state index in [1.165, 1.54) is 0 Å². The van der Waals surface area contributed by atoms with Gasteiger partial charge in [0, 0.05) is 13.7 Å². The van der Waals surface area contributed by atoms with Gasteiger partial charge >= 0.3 is 6.09 Å². The Morgan fingerprint density at radius 3 is 2.60 bits per heavy atom. The number of ether oxygens (including phenoxy) is 3. The van der Waals surface area contributed by atoms with Crippen LogP contribution in [0.15, 0.2) is 0 Å². The quantitative estimate of drug-likeness (QED) is 0.797. The first-order valence-corrected chi connectivity index (χ1v) is 7.30.